The maximum absolute atomic E-state index is 5.27. The second-order valence-electron chi connectivity index (χ2n) is 6.67. The minimum absolute atomic E-state index is 0.599. The summed E-state index contributed by atoms with van der Waals surface area (Å²) in [5, 5.41) is 6.68. The smallest absolute Gasteiger partial charge is 0.229 e. The van der Waals surface area contributed by atoms with Crippen LogP contribution in [0.25, 0.3) is 0 Å². The largest absolute Gasteiger partial charge is 0.497 e. The van der Waals surface area contributed by atoms with Crippen molar-refractivity contribution in [2.75, 3.05) is 24.3 Å². The van der Waals surface area contributed by atoms with E-state index < -0.39 is 0 Å². The lowest BCUT2D eigenvalue weighted by Crippen LogP contribution is -2.09. The van der Waals surface area contributed by atoms with Crippen LogP contribution in [0.5, 0.6) is 5.75 Å². The molecule has 0 aliphatic carbocycles. The zero-order valence-electron chi connectivity index (χ0n) is 16.3. The monoisotopic (exact) mass is 362 g/mol. The molecule has 3 rings (SSSR count). The molecule has 0 aliphatic heterocycles. The number of aromatic nitrogens is 2. The van der Waals surface area contributed by atoms with Gasteiger partial charge in [0.05, 0.1) is 7.11 Å². The third kappa shape index (κ3) is 5.20. The highest BCUT2D eigenvalue weighted by atomic mass is 16.5. The number of benzene rings is 2. The molecule has 5 nitrogen and oxygen atoms in total. The van der Waals surface area contributed by atoms with Crippen molar-refractivity contribution in [1.82, 2.24) is 9.97 Å². The Balaban J connectivity index is 1.64. The maximum atomic E-state index is 5.27. The summed E-state index contributed by atoms with van der Waals surface area (Å²) < 4.78 is 5.27. The fraction of sp³-hybridized carbons (Fsp3) is 0.273. The maximum Gasteiger partial charge on any atom is 0.229 e. The molecule has 5 heteroatoms. The number of rotatable bonds is 7. The Labute approximate surface area is 160 Å². The van der Waals surface area contributed by atoms with Gasteiger partial charge in [0.2, 0.25) is 5.95 Å². The van der Waals surface area contributed by atoms with Gasteiger partial charge in [-0.1, -0.05) is 18.2 Å². The summed E-state index contributed by atoms with van der Waals surface area (Å²) in [7, 11) is 1.69. The first-order chi connectivity index (χ1) is 13.0. The Hall–Kier alpha value is -3.08. The molecule has 0 bridgehead atoms. The number of anilines is 3. The summed E-state index contributed by atoms with van der Waals surface area (Å²) >= 11 is 0. The minimum Gasteiger partial charge on any atom is -0.497 e. The fourth-order valence-corrected chi connectivity index (χ4v) is 2.83. The van der Waals surface area contributed by atoms with Crippen molar-refractivity contribution in [1.29, 1.82) is 0 Å². The van der Waals surface area contributed by atoms with Gasteiger partial charge in [0, 0.05) is 24.0 Å². The van der Waals surface area contributed by atoms with Gasteiger partial charge in [0.1, 0.15) is 11.6 Å². The van der Waals surface area contributed by atoms with Crippen molar-refractivity contribution < 1.29 is 4.74 Å². The molecule has 0 saturated carbocycles. The lowest BCUT2D eigenvalue weighted by Gasteiger charge is -2.11. The first-order valence-corrected chi connectivity index (χ1v) is 9.10. The van der Waals surface area contributed by atoms with Crippen LogP contribution in [0.1, 0.15) is 22.4 Å². The van der Waals surface area contributed by atoms with Crippen molar-refractivity contribution in [3.05, 3.63) is 70.9 Å². The van der Waals surface area contributed by atoms with Gasteiger partial charge in [0.25, 0.3) is 0 Å². The Morgan fingerprint density at radius 1 is 0.926 bits per heavy atom. The normalized spacial score (nSPS) is 10.5. The second-order valence-corrected chi connectivity index (χ2v) is 6.67. The quantitative estimate of drug-likeness (QED) is 0.632. The van der Waals surface area contributed by atoms with E-state index in [1.54, 1.807) is 7.11 Å². The van der Waals surface area contributed by atoms with Gasteiger partial charge >= 0.3 is 0 Å². The lowest BCUT2D eigenvalue weighted by atomic mass is 10.1. The number of nitrogens with zero attached hydrogens (tertiary/aromatic N) is 2. The van der Waals surface area contributed by atoms with Crippen LogP contribution in [-0.4, -0.2) is 23.6 Å². The molecule has 2 N–H and O–H groups in total. The van der Waals surface area contributed by atoms with Gasteiger partial charge in [-0.3, -0.25) is 0 Å². The average Bonchev–Trinajstić information content (AvgIpc) is 2.64. The van der Waals surface area contributed by atoms with E-state index in [0.29, 0.717) is 5.95 Å². The van der Waals surface area contributed by atoms with E-state index >= 15 is 0 Å². The highest BCUT2D eigenvalue weighted by Crippen LogP contribution is 2.19. The molecule has 0 atom stereocenters. The van der Waals surface area contributed by atoms with Crippen LogP contribution in [0.2, 0.25) is 0 Å². The number of hydrogen-bond donors (Lipinski definition) is 2. The molecule has 0 spiro atoms. The molecule has 2 aromatic carbocycles. The van der Waals surface area contributed by atoms with E-state index in [9.17, 15) is 0 Å². The topological polar surface area (TPSA) is 59.1 Å². The number of methoxy groups -OCH3 is 1. The standard InChI is InChI=1S/C22H26N4O/c1-15-8-9-19(12-16(15)2)25-22-24-17(3)13-21(26-22)23-11-10-18-6-5-7-20(14-18)27-4/h5-9,12-14H,10-11H2,1-4H3,(H2,23,24,25,26). The molecule has 1 heterocycles. The zero-order valence-corrected chi connectivity index (χ0v) is 16.3. The molecule has 0 aliphatic rings. The molecular formula is C22H26N4O. The summed E-state index contributed by atoms with van der Waals surface area (Å²) in [5.41, 5.74) is 5.64. The molecule has 0 radical (unpaired) electrons. The first-order valence-electron chi connectivity index (χ1n) is 9.10. The summed E-state index contributed by atoms with van der Waals surface area (Å²) in [4.78, 5) is 9.08. The van der Waals surface area contributed by atoms with Crippen molar-refractivity contribution in [2.24, 2.45) is 0 Å². The second kappa shape index (κ2) is 8.54. The highest BCUT2D eigenvalue weighted by molar-refractivity contribution is 5.57. The predicted molar refractivity (Wildman–Crippen MR) is 111 cm³/mol. The summed E-state index contributed by atoms with van der Waals surface area (Å²) in [5.74, 6) is 2.30. The summed E-state index contributed by atoms with van der Waals surface area (Å²) in [6, 6.07) is 16.3. The van der Waals surface area contributed by atoms with Gasteiger partial charge in [-0.2, -0.15) is 4.98 Å². The summed E-state index contributed by atoms with van der Waals surface area (Å²) in [6.07, 6.45) is 0.889. The van der Waals surface area contributed by atoms with E-state index in [0.717, 1.165) is 35.9 Å². The van der Waals surface area contributed by atoms with E-state index in [4.69, 9.17) is 4.74 Å². The molecule has 27 heavy (non-hydrogen) atoms. The Morgan fingerprint density at radius 3 is 2.56 bits per heavy atom. The van der Waals surface area contributed by atoms with Gasteiger partial charge in [-0.15, -0.1) is 0 Å². The molecule has 3 aromatic rings. The van der Waals surface area contributed by atoms with Gasteiger partial charge in [0.15, 0.2) is 0 Å². The Bertz CT molecular complexity index is 924. The summed E-state index contributed by atoms with van der Waals surface area (Å²) in [6.45, 7) is 6.96. The molecule has 140 valence electrons. The Kier molecular flexibility index (Phi) is 5.91. The van der Waals surface area contributed by atoms with Crippen molar-refractivity contribution in [2.45, 2.75) is 27.2 Å². The number of aryl methyl sites for hydroxylation is 3. The van der Waals surface area contributed by atoms with Crippen molar-refractivity contribution in [3.63, 3.8) is 0 Å². The average molecular weight is 362 g/mol. The molecule has 0 unspecified atom stereocenters. The van der Waals surface area contributed by atoms with Crippen molar-refractivity contribution >= 4 is 17.5 Å². The Morgan fingerprint density at radius 2 is 1.78 bits per heavy atom. The molecule has 0 saturated heterocycles. The van der Waals surface area contributed by atoms with Gasteiger partial charge in [-0.05, 0) is 68.1 Å². The molecule has 0 amide bonds. The lowest BCUT2D eigenvalue weighted by molar-refractivity contribution is 0.414. The molecule has 1 aromatic heterocycles. The van der Waals surface area contributed by atoms with Crippen LogP contribution >= 0.6 is 0 Å². The van der Waals surface area contributed by atoms with E-state index in [2.05, 4.69) is 58.7 Å². The van der Waals surface area contributed by atoms with Crippen molar-refractivity contribution in [3.8, 4) is 5.75 Å². The SMILES string of the molecule is COc1cccc(CCNc2cc(C)nc(Nc3ccc(C)c(C)c3)n2)c1. The van der Waals surface area contributed by atoms with Gasteiger partial charge in [-0.25, -0.2) is 4.98 Å². The van der Waals surface area contributed by atoms with E-state index in [-0.39, 0.29) is 0 Å². The van der Waals surface area contributed by atoms with E-state index in [1.807, 2.05) is 31.2 Å². The third-order valence-electron chi connectivity index (χ3n) is 4.47. The van der Waals surface area contributed by atoms with Crippen LogP contribution in [0, 0.1) is 20.8 Å². The molecular weight excluding hydrogens is 336 g/mol. The molecule has 0 fully saturated rings. The van der Waals surface area contributed by atoms with E-state index in [1.165, 1.54) is 16.7 Å². The highest BCUT2D eigenvalue weighted by Gasteiger charge is 2.04. The number of ether oxygens (including phenoxy) is 1. The minimum atomic E-state index is 0.599. The van der Waals surface area contributed by atoms with Crippen LogP contribution in [0.3, 0.4) is 0 Å². The third-order valence-corrected chi connectivity index (χ3v) is 4.47. The van der Waals surface area contributed by atoms with Crippen LogP contribution < -0.4 is 15.4 Å². The zero-order chi connectivity index (χ0) is 19.2. The fourth-order valence-electron chi connectivity index (χ4n) is 2.83. The number of hydrogen-bond acceptors (Lipinski definition) is 5. The predicted octanol–water partition coefficient (Wildman–Crippen LogP) is 4.81. The number of nitrogens with one attached hydrogen (secondary N) is 2. The first kappa shape index (κ1) is 18.7. The van der Waals surface area contributed by atoms with Gasteiger partial charge < -0.3 is 15.4 Å². The van der Waals surface area contributed by atoms with Crippen LogP contribution in [-0.2, 0) is 6.42 Å². The van der Waals surface area contributed by atoms with Crippen LogP contribution in [0.4, 0.5) is 17.5 Å². The van der Waals surface area contributed by atoms with Crippen LogP contribution in [0.15, 0.2) is 48.5 Å².